The summed E-state index contributed by atoms with van der Waals surface area (Å²) >= 11 is 5.52. The molecule has 0 unspecified atom stereocenters. The van der Waals surface area contributed by atoms with Gasteiger partial charge in [-0.3, -0.25) is 38.6 Å². The maximum absolute atomic E-state index is 13.8. The van der Waals surface area contributed by atoms with Crippen LogP contribution in [0.2, 0.25) is 0 Å². The summed E-state index contributed by atoms with van der Waals surface area (Å²) in [5.74, 6) is -5.63. The molecule has 22 nitrogen and oxygen atoms in total. The molecule has 0 spiro atoms. The Morgan fingerprint density at radius 3 is 2.18 bits per heavy atom. The standard InChI is InChI=1S/C37H61N13O9S2/c1-20(2)29(33(55)46-23(7-4-11-42-37(39)40)30(52)47-25(36(58)59)15-21-16-41-19-44-21)48-31(53)24(10-14-61-3)45-28(51)17-43-32(54)26-8-5-12-49(26)35(57)27-9-6-13-50(27)34(56)22(38)18-60/h16,19-20,22-27,29,60H,4-15,17-18,38H2,1-3H3,(H,41,44)(H,43,54)(H,45,51)(H,46,55)(H,47,52)(H,48,53)(H,58,59)(H4,39,40,42)/t22-,23-,24-,25-,26-,27-,29-/m0/s1. The van der Waals surface area contributed by atoms with Crippen LogP contribution in [0.25, 0.3) is 0 Å². The SMILES string of the molecule is CSCC[C@H](NC(=O)CNC(=O)[C@@H]1CCCN1C(=O)[C@@H]1CCCN1C(=O)[C@@H](N)CS)C(=O)N[C@H](C(=O)N[C@@H](CCCN=C(N)N)C(=O)N[C@@H](Cc1cnc[nH]1)C(=O)O)C(C)C. The number of aromatic amines is 1. The Bertz CT molecular complexity index is 1710. The van der Waals surface area contributed by atoms with Gasteiger partial charge < -0.3 is 63.7 Å². The third-order valence-electron chi connectivity index (χ3n) is 10.3. The first-order valence-electron chi connectivity index (χ1n) is 20.2. The number of carbonyl (C=O) groups excluding carboxylic acids is 7. The van der Waals surface area contributed by atoms with Crippen molar-refractivity contribution in [2.75, 3.05) is 43.9 Å². The zero-order chi connectivity index (χ0) is 45.2. The predicted octanol–water partition coefficient (Wildman–Crippen LogP) is -3.21. The van der Waals surface area contributed by atoms with Crippen LogP contribution in [0.15, 0.2) is 17.5 Å². The second-order valence-electron chi connectivity index (χ2n) is 15.2. The number of carboxylic acid groups (broad SMARTS) is 1. The molecule has 24 heteroatoms. The number of nitrogens with one attached hydrogen (secondary N) is 6. The molecule has 0 aromatic carbocycles. The molecule has 1 aromatic rings. The number of hydrogen-bond donors (Lipinski definition) is 11. The van der Waals surface area contributed by atoms with Crippen molar-refractivity contribution in [2.45, 2.75) is 108 Å². The van der Waals surface area contributed by atoms with Crippen molar-refractivity contribution in [3.05, 3.63) is 18.2 Å². The van der Waals surface area contributed by atoms with Crippen molar-refractivity contribution in [3.63, 3.8) is 0 Å². The minimum absolute atomic E-state index is 0.0121. The lowest BCUT2D eigenvalue weighted by atomic mass is 10.0. The number of nitrogens with two attached hydrogens (primary N) is 3. The molecule has 1 aromatic heterocycles. The Labute approximate surface area is 364 Å². The van der Waals surface area contributed by atoms with Gasteiger partial charge in [-0.1, -0.05) is 13.8 Å². The van der Waals surface area contributed by atoms with Crippen LogP contribution in [-0.2, 0) is 44.8 Å². The molecule has 340 valence electrons. The number of aliphatic carboxylic acids is 1. The summed E-state index contributed by atoms with van der Waals surface area (Å²) in [7, 11) is 0. The normalized spacial score (nSPS) is 18.6. The van der Waals surface area contributed by atoms with Crippen molar-refractivity contribution < 1.29 is 43.5 Å². The number of imidazole rings is 1. The quantitative estimate of drug-likeness (QED) is 0.0211. The van der Waals surface area contributed by atoms with Crippen LogP contribution in [0.4, 0.5) is 0 Å². The van der Waals surface area contributed by atoms with Gasteiger partial charge in [0.2, 0.25) is 41.4 Å². The highest BCUT2D eigenvalue weighted by atomic mass is 32.2. The maximum atomic E-state index is 13.8. The second kappa shape index (κ2) is 25.0. The number of nitrogens with zero attached hydrogens (tertiary/aromatic N) is 4. The first-order valence-corrected chi connectivity index (χ1v) is 22.2. The molecule has 13 N–H and O–H groups in total. The highest BCUT2D eigenvalue weighted by Crippen LogP contribution is 2.25. The van der Waals surface area contributed by atoms with E-state index in [-0.39, 0.29) is 55.8 Å². The highest BCUT2D eigenvalue weighted by Gasteiger charge is 2.43. The number of aromatic nitrogens is 2. The van der Waals surface area contributed by atoms with Gasteiger partial charge in [0, 0.05) is 43.7 Å². The Hall–Kier alpha value is -5.10. The molecule has 0 bridgehead atoms. The Morgan fingerprint density at radius 1 is 0.934 bits per heavy atom. The van der Waals surface area contributed by atoms with Crippen LogP contribution >= 0.6 is 24.4 Å². The summed E-state index contributed by atoms with van der Waals surface area (Å²) in [5.41, 5.74) is 17.2. The van der Waals surface area contributed by atoms with Crippen molar-refractivity contribution >= 4 is 77.7 Å². The fourth-order valence-corrected chi connectivity index (χ4v) is 7.65. The lowest BCUT2D eigenvalue weighted by molar-refractivity contribution is -0.147. The number of likely N-dealkylation sites (tertiary alicyclic amines) is 2. The first kappa shape index (κ1) is 50.3. The van der Waals surface area contributed by atoms with E-state index in [1.54, 1.807) is 13.8 Å². The lowest BCUT2D eigenvalue weighted by Crippen LogP contribution is -2.59. The van der Waals surface area contributed by atoms with Crippen LogP contribution in [0.1, 0.15) is 64.5 Å². The Balaban J connectivity index is 1.66. The summed E-state index contributed by atoms with van der Waals surface area (Å²) in [6.45, 7) is 3.63. The average molecular weight is 896 g/mol. The fraction of sp³-hybridized carbons (Fsp3) is 0.676. The maximum Gasteiger partial charge on any atom is 0.326 e. The Kier molecular flexibility index (Phi) is 20.6. The lowest BCUT2D eigenvalue weighted by Gasteiger charge is -2.32. The van der Waals surface area contributed by atoms with Gasteiger partial charge in [0.15, 0.2) is 5.96 Å². The first-order chi connectivity index (χ1) is 29.0. The Morgan fingerprint density at radius 2 is 1.57 bits per heavy atom. The van der Waals surface area contributed by atoms with Gasteiger partial charge in [0.1, 0.15) is 36.3 Å². The molecular formula is C37H61N13O9S2. The van der Waals surface area contributed by atoms with Crippen molar-refractivity contribution in [1.82, 2.24) is 46.4 Å². The number of guanidine groups is 1. The van der Waals surface area contributed by atoms with Crippen LogP contribution in [-0.4, -0.2) is 164 Å². The van der Waals surface area contributed by atoms with E-state index in [4.69, 9.17) is 17.2 Å². The summed E-state index contributed by atoms with van der Waals surface area (Å²) < 4.78 is 0. The summed E-state index contributed by atoms with van der Waals surface area (Å²) in [4.78, 5) is 119. The smallest absolute Gasteiger partial charge is 0.326 e. The van der Waals surface area contributed by atoms with E-state index in [1.165, 1.54) is 34.1 Å². The van der Waals surface area contributed by atoms with Gasteiger partial charge in [0.25, 0.3) is 0 Å². The zero-order valence-electron chi connectivity index (χ0n) is 34.8. The van der Waals surface area contributed by atoms with E-state index in [1.807, 2.05) is 6.26 Å². The number of thiol groups is 1. The fourth-order valence-electron chi connectivity index (χ4n) is 7.02. The number of hydrogen-bond acceptors (Lipinski definition) is 13. The molecule has 2 aliphatic rings. The van der Waals surface area contributed by atoms with E-state index in [2.05, 4.69) is 54.2 Å². The van der Waals surface area contributed by atoms with Crippen LogP contribution in [0.5, 0.6) is 0 Å². The zero-order valence-corrected chi connectivity index (χ0v) is 36.5. The molecule has 2 aliphatic heterocycles. The third kappa shape index (κ3) is 15.4. The molecule has 0 radical (unpaired) electrons. The van der Waals surface area contributed by atoms with Crippen LogP contribution < -0.4 is 43.8 Å². The molecule has 7 amide bonds. The molecule has 3 rings (SSSR count). The number of thioether (sulfide) groups is 1. The van der Waals surface area contributed by atoms with E-state index in [9.17, 15) is 43.5 Å². The van der Waals surface area contributed by atoms with Gasteiger partial charge in [-0.15, -0.1) is 0 Å². The van der Waals surface area contributed by atoms with Gasteiger partial charge in [-0.25, -0.2) is 9.78 Å². The number of carbonyl (C=O) groups is 8. The molecular weight excluding hydrogens is 835 g/mol. The predicted molar refractivity (Wildman–Crippen MR) is 230 cm³/mol. The second-order valence-corrected chi connectivity index (χ2v) is 16.6. The third-order valence-corrected chi connectivity index (χ3v) is 11.3. The molecule has 2 saturated heterocycles. The van der Waals surface area contributed by atoms with Crippen molar-refractivity contribution in [2.24, 2.45) is 28.1 Å². The summed E-state index contributed by atoms with van der Waals surface area (Å²) in [6.07, 6.45) is 6.86. The molecule has 0 aliphatic carbocycles. The van der Waals surface area contributed by atoms with Crippen molar-refractivity contribution in [1.29, 1.82) is 0 Å². The van der Waals surface area contributed by atoms with Gasteiger partial charge >= 0.3 is 5.97 Å². The van der Waals surface area contributed by atoms with Gasteiger partial charge in [-0.2, -0.15) is 24.4 Å². The number of rotatable bonds is 24. The highest BCUT2D eigenvalue weighted by molar-refractivity contribution is 7.98. The molecule has 3 heterocycles. The van der Waals surface area contributed by atoms with E-state index in [0.29, 0.717) is 50.2 Å². The summed E-state index contributed by atoms with van der Waals surface area (Å²) in [5, 5.41) is 22.8. The minimum atomic E-state index is -1.36. The van der Waals surface area contributed by atoms with E-state index in [0.717, 1.165) is 0 Å². The minimum Gasteiger partial charge on any atom is -0.480 e. The monoisotopic (exact) mass is 895 g/mol. The number of aliphatic imine (C=N–C) groups is 1. The summed E-state index contributed by atoms with van der Waals surface area (Å²) in [6, 6.07) is -7.39. The van der Waals surface area contributed by atoms with Gasteiger partial charge in [-0.05, 0) is 62.9 Å². The van der Waals surface area contributed by atoms with Crippen LogP contribution in [0.3, 0.4) is 0 Å². The van der Waals surface area contributed by atoms with E-state index >= 15 is 0 Å². The van der Waals surface area contributed by atoms with Gasteiger partial charge in [0.05, 0.1) is 18.9 Å². The van der Waals surface area contributed by atoms with Crippen LogP contribution in [0, 0.1) is 5.92 Å². The number of H-pyrrole nitrogens is 1. The van der Waals surface area contributed by atoms with Crippen molar-refractivity contribution in [3.8, 4) is 0 Å². The molecule has 7 atom stereocenters. The average Bonchev–Trinajstić information content (AvgIpc) is 4.03. The molecule has 0 saturated carbocycles. The number of carboxylic acids is 1. The topological polar surface area (TPSA) is 343 Å². The molecule has 2 fully saturated rings. The number of amides is 7. The largest absolute Gasteiger partial charge is 0.480 e. The van der Waals surface area contributed by atoms with E-state index < -0.39 is 90.3 Å². The molecule has 61 heavy (non-hydrogen) atoms.